The molecule has 0 saturated heterocycles. The quantitative estimate of drug-likeness (QED) is 0.662. The number of halogens is 4. The summed E-state index contributed by atoms with van der Waals surface area (Å²) >= 11 is 3.29. The highest BCUT2D eigenvalue weighted by atomic mass is 79.9. The molecule has 0 aliphatic carbocycles. The van der Waals surface area contributed by atoms with E-state index in [1.165, 1.54) is 18.2 Å². The van der Waals surface area contributed by atoms with Gasteiger partial charge in [-0.15, -0.1) is 0 Å². The van der Waals surface area contributed by atoms with Crippen molar-refractivity contribution in [3.8, 4) is 0 Å². The Morgan fingerprint density at radius 1 is 1.27 bits per heavy atom. The molecule has 0 saturated carbocycles. The number of alkyl halides is 3. The number of nitrogens with zero attached hydrogens (tertiary/aromatic N) is 2. The first kappa shape index (κ1) is 18.2. The molecule has 0 spiro atoms. The first-order valence-corrected chi connectivity index (χ1v) is 8.31. The molecule has 0 atom stereocenters. The van der Waals surface area contributed by atoms with Crippen molar-refractivity contribution < 1.29 is 22.4 Å². The van der Waals surface area contributed by atoms with Gasteiger partial charge in [0.2, 0.25) is 0 Å². The van der Waals surface area contributed by atoms with E-state index in [-0.39, 0.29) is 12.3 Å². The molecule has 26 heavy (non-hydrogen) atoms. The zero-order valence-electron chi connectivity index (χ0n) is 13.3. The Morgan fingerprint density at radius 2 is 2.08 bits per heavy atom. The number of hydrogen-bond donors (Lipinski definition) is 1. The third kappa shape index (κ3) is 4.54. The molecule has 1 amide bonds. The smallest absolute Gasteiger partial charge is 0.416 e. The SMILES string of the molecule is O=C(NCc1cccc(C(F)(F)F)c1)c1ccc(Cn2cc(Br)cn2)o1. The lowest BCUT2D eigenvalue weighted by Gasteiger charge is -2.09. The minimum absolute atomic E-state index is 0.0368. The van der Waals surface area contributed by atoms with Gasteiger partial charge >= 0.3 is 6.18 Å². The standard InChI is InChI=1S/C17H13BrF3N3O2/c18-13-8-23-24(9-13)10-14-4-5-15(26-14)16(25)22-7-11-2-1-3-12(6-11)17(19,20)21/h1-6,8-9H,7,10H2,(H,22,25). The van der Waals surface area contributed by atoms with E-state index in [0.29, 0.717) is 17.9 Å². The summed E-state index contributed by atoms with van der Waals surface area (Å²) in [7, 11) is 0. The van der Waals surface area contributed by atoms with E-state index < -0.39 is 17.6 Å². The fourth-order valence-electron chi connectivity index (χ4n) is 2.30. The molecule has 9 heteroatoms. The minimum atomic E-state index is -4.42. The summed E-state index contributed by atoms with van der Waals surface area (Å²) in [6.07, 6.45) is -1.03. The molecule has 0 aliphatic heterocycles. The van der Waals surface area contributed by atoms with Crippen molar-refractivity contribution in [3.63, 3.8) is 0 Å². The Hall–Kier alpha value is -2.55. The summed E-state index contributed by atoms with van der Waals surface area (Å²) in [4.78, 5) is 12.1. The third-order valence-electron chi connectivity index (χ3n) is 3.51. The molecular formula is C17H13BrF3N3O2. The van der Waals surface area contributed by atoms with Crippen molar-refractivity contribution in [2.75, 3.05) is 0 Å². The zero-order valence-corrected chi connectivity index (χ0v) is 14.8. The molecule has 3 rings (SSSR count). The lowest BCUT2D eigenvalue weighted by molar-refractivity contribution is -0.137. The predicted octanol–water partition coefficient (Wildman–Crippen LogP) is 4.24. The lowest BCUT2D eigenvalue weighted by atomic mass is 10.1. The Morgan fingerprint density at radius 3 is 2.77 bits per heavy atom. The highest BCUT2D eigenvalue weighted by Crippen LogP contribution is 2.29. The summed E-state index contributed by atoms with van der Waals surface area (Å²) < 4.78 is 46.0. The van der Waals surface area contributed by atoms with Crippen LogP contribution in [0.4, 0.5) is 13.2 Å². The van der Waals surface area contributed by atoms with Crippen LogP contribution < -0.4 is 5.32 Å². The van der Waals surface area contributed by atoms with Crippen LogP contribution in [-0.4, -0.2) is 15.7 Å². The molecule has 0 bridgehead atoms. The fourth-order valence-corrected chi connectivity index (χ4v) is 2.62. The fraction of sp³-hybridized carbons (Fsp3) is 0.176. The Labute approximate surface area is 154 Å². The number of furan rings is 1. The van der Waals surface area contributed by atoms with Gasteiger partial charge in [0, 0.05) is 12.7 Å². The monoisotopic (exact) mass is 427 g/mol. The molecule has 2 aromatic heterocycles. The maximum atomic E-state index is 12.7. The van der Waals surface area contributed by atoms with E-state index in [2.05, 4.69) is 26.3 Å². The number of aromatic nitrogens is 2. The van der Waals surface area contributed by atoms with Gasteiger partial charge in [-0.25, -0.2) is 0 Å². The molecular weight excluding hydrogens is 415 g/mol. The first-order valence-electron chi connectivity index (χ1n) is 7.52. The van der Waals surface area contributed by atoms with Crippen molar-refractivity contribution >= 4 is 21.8 Å². The molecule has 0 unspecified atom stereocenters. The van der Waals surface area contributed by atoms with Crippen LogP contribution >= 0.6 is 15.9 Å². The number of nitrogens with one attached hydrogen (secondary N) is 1. The molecule has 5 nitrogen and oxygen atoms in total. The average molecular weight is 428 g/mol. The van der Waals surface area contributed by atoms with E-state index in [1.54, 1.807) is 23.1 Å². The van der Waals surface area contributed by atoms with Crippen LogP contribution in [0.25, 0.3) is 0 Å². The van der Waals surface area contributed by atoms with E-state index >= 15 is 0 Å². The van der Waals surface area contributed by atoms with Crippen LogP contribution in [0.1, 0.15) is 27.4 Å². The summed E-state index contributed by atoms with van der Waals surface area (Å²) in [6, 6.07) is 7.96. The van der Waals surface area contributed by atoms with Crippen molar-refractivity contribution in [1.82, 2.24) is 15.1 Å². The molecule has 2 heterocycles. The van der Waals surface area contributed by atoms with Crippen LogP contribution in [0, 0.1) is 0 Å². The van der Waals surface area contributed by atoms with Crippen LogP contribution in [0.5, 0.6) is 0 Å². The first-order chi connectivity index (χ1) is 12.3. The van der Waals surface area contributed by atoms with Gasteiger partial charge in [0.15, 0.2) is 5.76 Å². The van der Waals surface area contributed by atoms with Gasteiger partial charge in [-0.05, 0) is 45.8 Å². The lowest BCUT2D eigenvalue weighted by Crippen LogP contribution is -2.22. The van der Waals surface area contributed by atoms with Crippen LogP contribution in [0.15, 0.2) is 57.7 Å². The van der Waals surface area contributed by atoms with Gasteiger partial charge in [-0.1, -0.05) is 12.1 Å². The Kier molecular flexibility index (Phi) is 5.17. The number of benzene rings is 1. The maximum Gasteiger partial charge on any atom is 0.416 e. The second-order valence-electron chi connectivity index (χ2n) is 5.50. The number of amides is 1. The number of rotatable bonds is 5. The van der Waals surface area contributed by atoms with Gasteiger partial charge < -0.3 is 9.73 Å². The second kappa shape index (κ2) is 7.36. The van der Waals surface area contributed by atoms with Gasteiger partial charge in [0.25, 0.3) is 5.91 Å². The number of hydrogen-bond acceptors (Lipinski definition) is 3. The van der Waals surface area contributed by atoms with E-state index in [0.717, 1.165) is 16.6 Å². The van der Waals surface area contributed by atoms with Gasteiger partial charge in [-0.2, -0.15) is 18.3 Å². The van der Waals surface area contributed by atoms with Crippen molar-refractivity contribution in [3.05, 3.63) is 75.9 Å². The molecule has 0 aliphatic rings. The largest absolute Gasteiger partial charge is 0.454 e. The number of carbonyl (C=O) groups is 1. The Balaban J connectivity index is 1.60. The highest BCUT2D eigenvalue weighted by Gasteiger charge is 2.30. The third-order valence-corrected chi connectivity index (χ3v) is 3.92. The van der Waals surface area contributed by atoms with Crippen LogP contribution in [0.3, 0.4) is 0 Å². The zero-order chi connectivity index (χ0) is 18.7. The van der Waals surface area contributed by atoms with E-state index in [4.69, 9.17) is 4.42 Å². The van der Waals surface area contributed by atoms with E-state index in [1.807, 2.05) is 0 Å². The topological polar surface area (TPSA) is 60.1 Å². The predicted molar refractivity (Wildman–Crippen MR) is 90.4 cm³/mol. The van der Waals surface area contributed by atoms with Gasteiger partial charge in [0.05, 0.1) is 22.8 Å². The van der Waals surface area contributed by atoms with Gasteiger partial charge in [-0.3, -0.25) is 9.48 Å². The average Bonchev–Trinajstić information content (AvgIpc) is 3.22. The maximum absolute atomic E-state index is 12.7. The number of carbonyl (C=O) groups excluding carboxylic acids is 1. The normalized spacial score (nSPS) is 11.5. The van der Waals surface area contributed by atoms with Crippen LogP contribution in [-0.2, 0) is 19.3 Å². The summed E-state index contributed by atoms with van der Waals surface area (Å²) in [5, 5.41) is 6.63. The molecule has 3 aromatic rings. The van der Waals surface area contributed by atoms with Crippen molar-refractivity contribution in [1.29, 1.82) is 0 Å². The summed E-state index contributed by atoms with van der Waals surface area (Å²) in [5.41, 5.74) is -0.406. The molecule has 1 aromatic carbocycles. The van der Waals surface area contributed by atoms with Crippen molar-refractivity contribution in [2.45, 2.75) is 19.3 Å². The van der Waals surface area contributed by atoms with Gasteiger partial charge in [0.1, 0.15) is 5.76 Å². The van der Waals surface area contributed by atoms with Crippen molar-refractivity contribution in [2.24, 2.45) is 0 Å². The molecule has 136 valence electrons. The molecule has 0 fully saturated rings. The van der Waals surface area contributed by atoms with Crippen LogP contribution in [0.2, 0.25) is 0 Å². The summed E-state index contributed by atoms with van der Waals surface area (Å²) in [6.45, 7) is 0.317. The second-order valence-corrected chi connectivity index (χ2v) is 6.42. The van der Waals surface area contributed by atoms with E-state index in [9.17, 15) is 18.0 Å². The summed E-state index contributed by atoms with van der Waals surface area (Å²) in [5.74, 6) is 0.110. The highest BCUT2D eigenvalue weighted by molar-refractivity contribution is 9.10. The Bertz CT molecular complexity index is 918. The molecule has 1 N–H and O–H groups in total. The minimum Gasteiger partial charge on any atom is -0.454 e. The molecule has 0 radical (unpaired) electrons.